The number of carbonyl (C=O) groups is 1. The lowest BCUT2D eigenvalue weighted by Crippen LogP contribution is -2.40. The summed E-state index contributed by atoms with van der Waals surface area (Å²) in [5.74, 6) is -0.906. The number of morpholine rings is 1. The van der Waals surface area contributed by atoms with Crippen LogP contribution in [0.25, 0.3) is 0 Å². The van der Waals surface area contributed by atoms with Crippen molar-refractivity contribution in [2.75, 3.05) is 26.3 Å². The minimum Gasteiger partial charge on any atom is -0.435 e. The second-order valence-electron chi connectivity index (χ2n) is 4.26. The van der Waals surface area contributed by atoms with Gasteiger partial charge in [0.15, 0.2) is 0 Å². The molecule has 1 saturated heterocycles. The number of ether oxygens (including phenoxy) is 2. The molecule has 1 aliphatic rings. The summed E-state index contributed by atoms with van der Waals surface area (Å²) >= 11 is 0. The van der Waals surface area contributed by atoms with Crippen LogP contribution < -0.4 is 4.74 Å². The lowest BCUT2D eigenvalue weighted by molar-refractivity contribution is -0.385. The van der Waals surface area contributed by atoms with E-state index < -0.39 is 28.9 Å². The highest BCUT2D eigenvalue weighted by Gasteiger charge is 2.22. The maximum absolute atomic E-state index is 12.2. The van der Waals surface area contributed by atoms with Crippen LogP contribution in [0.5, 0.6) is 5.75 Å². The molecule has 1 aromatic rings. The van der Waals surface area contributed by atoms with E-state index in [0.717, 1.165) is 18.2 Å². The van der Waals surface area contributed by atoms with Crippen molar-refractivity contribution in [3.8, 4) is 5.75 Å². The van der Waals surface area contributed by atoms with E-state index in [9.17, 15) is 23.7 Å². The molecule has 0 spiro atoms. The first-order chi connectivity index (χ1) is 9.97. The number of non-ortho nitro benzene ring substituents is 1. The third-order valence-electron chi connectivity index (χ3n) is 2.87. The number of halogens is 2. The number of amides is 1. The molecule has 0 saturated carbocycles. The molecule has 2 rings (SSSR count). The van der Waals surface area contributed by atoms with Gasteiger partial charge in [0.05, 0.1) is 29.8 Å². The Balaban J connectivity index is 2.30. The highest BCUT2D eigenvalue weighted by molar-refractivity contribution is 5.95. The Morgan fingerprint density at radius 2 is 2.00 bits per heavy atom. The fourth-order valence-electron chi connectivity index (χ4n) is 1.93. The van der Waals surface area contributed by atoms with Gasteiger partial charge in [-0.15, -0.1) is 0 Å². The molecule has 1 heterocycles. The molecule has 1 amide bonds. The van der Waals surface area contributed by atoms with Crippen molar-refractivity contribution in [2.45, 2.75) is 6.61 Å². The Morgan fingerprint density at radius 3 is 2.57 bits per heavy atom. The third kappa shape index (κ3) is 3.85. The van der Waals surface area contributed by atoms with Gasteiger partial charge in [-0.25, -0.2) is 0 Å². The molecule has 0 atom stereocenters. The van der Waals surface area contributed by atoms with E-state index in [4.69, 9.17) is 4.74 Å². The molecule has 0 N–H and O–H groups in total. The predicted octanol–water partition coefficient (Wildman–Crippen LogP) is 1.67. The average Bonchev–Trinajstić information content (AvgIpc) is 2.46. The number of nitro benzene ring substituents is 1. The largest absolute Gasteiger partial charge is 0.435 e. The van der Waals surface area contributed by atoms with E-state index in [-0.39, 0.29) is 5.56 Å². The number of alkyl halides is 2. The maximum Gasteiger partial charge on any atom is 0.387 e. The summed E-state index contributed by atoms with van der Waals surface area (Å²) in [5.41, 5.74) is -0.550. The predicted molar refractivity (Wildman–Crippen MR) is 66.5 cm³/mol. The van der Waals surface area contributed by atoms with E-state index in [2.05, 4.69) is 4.74 Å². The summed E-state index contributed by atoms with van der Waals surface area (Å²) < 4.78 is 33.7. The Morgan fingerprint density at radius 1 is 1.33 bits per heavy atom. The monoisotopic (exact) mass is 302 g/mol. The first kappa shape index (κ1) is 15.1. The maximum atomic E-state index is 12.2. The van der Waals surface area contributed by atoms with Gasteiger partial charge in [-0.2, -0.15) is 8.78 Å². The van der Waals surface area contributed by atoms with Crippen molar-refractivity contribution in [2.24, 2.45) is 0 Å². The molecule has 114 valence electrons. The molecule has 0 aliphatic carbocycles. The number of carbonyl (C=O) groups excluding carboxylic acids is 1. The zero-order valence-corrected chi connectivity index (χ0v) is 10.8. The highest BCUT2D eigenvalue weighted by Crippen LogP contribution is 2.25. The first-order valence-corrected chi connectivity index (χ1v) is 6.08. The molecular formula is C12H12F2N2O5. The molecule has 0 aromatic heterocycles. The first-order valence-electron chi connectivity index (χ1n) is 6.08. The summed E-state index contributed by atoms with van der Waals surface area (Å²) in [6, 6.07) is 2.95. The van der Waals surface area contributed by atoms with Gasteiger partial charge in [-0.05, 0) is 6.07 Å². The number of nitro groups is 1. The van der Waals surface area contributed by atoms with Gasteiger partial charge in [-0.3, -0.25) is 14.9 Å². The Kier molecular flexibility index (Phi) is 4.63. The summed E-state index contributed by atoms with van der Waals surface area (Å²) in [6.45, 7) is -1.72. The molecule has 9 heteroatoms. The number of hydrogen-bond donors (Lipinski definition) is 0. The normalized spacial score (nSPS) is 15.1. The van der Waals surface area contributed by atoms with E-state index in [1.807, 2.05) is 0 Å². The van der Waals surface area contributed by atoms with Gasteiger partial charge in [0.2, 0.25) is 0 Å². The molecule has 1 aliphatic heterocycles. The molecule has 0 radical (unpaired) electrons. The molecule has 1 aromatic carbocycles. The summed E-state index contributed by atoms with van der Waals surface area (Å²) in [7, 11) is 0. The van der Waals surface area contributed by atoms with E-state index in [1.54, 1.807) is 0 Å². The van der Waals surface area contributed by atoms with Crippen molar-refractivity contribution in [3.63, 3.8) is 0 Å². The Hall–Kier alpha value is -2.29. The fourth-order valence-corrected chi connectivity index (χ4v) is 1.93. The van der Waals surface area contributed by atoms with Crippen LogP contribution >= 0.6 is 0 Å². The molecule has 1 fully saturated rings. The van der Waals surface area contributed by atoms with Gasteiger partial charge >= 0.3 is 6.61 Å². The highest BCUT2D eigenvalue weighted by atomic mass is 19.3. The van der Waals surface area contributed by atoms with Gasteiger partial charge in [0.25, 0.3) is 11.6 Å². The summed E-state index contributed by atoms with van der Waals surface area (Å²) in [5, 5.41) is 10.8. The van der Waals surface area contributed by atoms with Crippen LogP contribution in [0.3, 0.4) is 0 Å². The van der Waals surface area contributed by atoms with Gasteiger partial charge in [0, 0.05) is 19.2 Å². The molecular weight excluding hydrogens is 290 g/mol. The fraction of sp³-hybridized carbons (Fsp3) is 0.417. The summed E-state index contributed by atoms with van der Waals surface area (Å²) in [6.07, 6.45) is 0. The standard InChI is InChI=1S/C12H12F2N2O5/c13-12(14)21-10-6-8(5-9(7-10)16(18)19)11(17)15-1-3-20-4-2-15/h5-7,12H,1-4H2. The van der Waals surface area contributed by atoms with Gasteiger partial charge < -0.3 is 14.4 Å². The average molecular weight is 302 g/mol. The Bertz CT molecular complexity index is 546. The van der Waals surface area contributed by atoms with Gasteiger partial charge in [-0.1, -0.05) is 0 Å². The third-order valence-corrected chi connectivity index (χ3v) is 2.87. The molecule has 0 bridgehead atoms. The number of hydrogen-bond acceptors (Lipinski definition) is 5. The molecule has 21 heavy (non-hydrogen) atoms. The molecule has 7 nitrogen and oxygen atoms in total. The van der Waals surface area contributed by atoms with Crippen LogP contribution in [0.1, 0.15) is 10.4 Å². The van der Waals surface area contributed by atoms with E-state index in [0.29, 0.717) is 26.3 Å². The smallest absolute Gasteiger partial charge is 0.387 e. The SMILES string of the molecule is O=C(c1cc(OC(F)F)cc([N+](=O)[O-])c1)N1CCOCC1. The minimum absolute atomic E-state index is 0.0678. The number of benzene rings is 1. The van der Waals surface area contributed by atoms with Crippen molar-refractivity contribution in [3.05, 3.63) is 33.9 Å². The van der Waals surface area contributed by atoms with Crippen LogP contribution in [-0.2, 0) is 4.74 Å². The second kappa shape index (κ2) is 6.44. The lowest BCUT2D eigenvalue weighted by Gasteiger charge is -2.26. The molecule has 0 unspecified atom stereocenters. The number of rotatable bonds is 4. The van der Waals surface area contributed by atoms with Crippen LogP contribution in [0.4, 0.5) is 14.5 Å². The topological polar surface area (TPSA) is 81.9 Å². The van der Waals surface area contributed by atoms with E-state index in [1.165, 1.54) is 4.90 Å². The van der Waals surface area contributed by atoms with Crippen LogP contribution in [0.15, 0.2) is 18.2 Å². The van der Waals surface area contributed by atoms with E-state index >= 15 is 0 Å². The van der Waals surface area contributed by atoms with Crippen molar-refractivity contribution in [1.29, 1.82) is 0 Å². The minimum atomic E-state index is -3.13. The Labute approximate surface area is 118 Å². The van der Waals surface area contributed by atoms with Crippen molar-refractivity contribution >= 4 is 11.6 Å². The number of nitrogens with zero attached hydrogens (tertiary/aromatic N) is 2. The van der Waals surface area contributed by atoms with Crippen LogP contribution in [0.2, 0.25) is 0 Å². The second-order valence-corrected chi connectivity index (χ2v) is 4.26. The zero-order valence-electron chi connectivity index (χ0n) is 10.8. The quantitative estimate of drug-likeness (QED) is 0.624. The summed E-state index contributed by atoms with van der Waals surface area (Å²) in [4.78, 5) is 23.7. The zero-order chi connectivity index (χ0) is 15.4. The van der Waals surface area contributed by atoms with Crippen molar-refractivity contribution in [1.82, 2.24) is 4.90 Å². The lowest BCUT2D eigenvalue weighted by atomic mass is 10.1. The van der Waals surface area contributed by atoms with Gasteiger partial charge in [0.1, 0.15) is 5.75 Å². The van der Waals surface area contributed by atoms with Crippen molar-refractivity contribution < 1.29 is 28.0 Å². The van der Waals surface area contributed by atoms with Crippen LogP contribution in [-0.4, -0.2) is 48.6 Å². The van der Waals surface area contributed by atoms with Crippen LogP contribution in [0, 0.1) is 10.1 Å².